The minimum absolute atomic E-state index is 0.245. The highest BCUT2D eigenvalue weighted by Crippen LogP contribution is 2.30. The van der Waals surface area contributed by atoms with Crippen molar-refractivity contribution in [2.45, 2.75) is 25.8 Å². The Morgan fingerprint density at radius 2 is 2.00 bits per heavy atom. The molecule has 1 aliphatic carbocycles. The third-order valence-corrected chi connectivity index (χ3v) is 3.41. The van der Waals surface area contributed by atoms with Crippen molar-refractivity contribution in [1.82, 2.24) is 4.98 Å². The van der Waals surface area contributed by atoms with Gasteiger partial charge in [-0.15, -0.1) is 0 Å². The molecule has 20 heavy (non-hydrogen) atoms. The lowest BCUT2D eigenvalue weighted by molar-refractivity contribution is 0.0697. The first-order valence-corrected chi connectivity index (χ1v) is 6.72. The Balaban J connectivity index is 2.09. The van der Waals surface area contributed by atoms with E-state index in [1.165, 1.54) is 0 Å². The van der Waals surface area contributed by atoms with Gasteiger partial charge in [-0.1, -0.05) is 30.3 Å². The van der Waals surface area contributed by atoms with Gasteiger partial charge in [0.1, 0.15) is 11.4 Å². The zero-order valence-corrected chi connectivity index (χ0v) is 11.3. The fourth-order valence-corrected chi connectivity index (χ4v) is 2.20. The number of aryl methyl sites for hydroxylation is 1. The van der Waals surface area contributed by atoms with Crippen LogP contribution in [0.3, 0.4) is 0 Å². The Labute approximate surface area is 117 Å². The lowest BCUT2D eigenvalue weighted by atomic mass is 10.0. The number of aromatic carboxylic acids is 1. The van der Waals surface area contributed by atoms with Gasteiger partial charge in [-0.3, -0.25) is 0 Å². The van der Waals surface area contributed by atoms with Crippen LogP contribution in [-0.2, 0) is 0 Å². The van der Waals surface area contributed by atoms with E-state index in [4.69, 9.17) is 0 Å². The first-order valence-electron chi connectivity index (χ1n) is 6.72. The topological polar surface area (TPSA) is 62.2 Å². The molecule has 1 fully saturated rings. The molecule has 1 aromatic carbocycles. The first-order chi connectivity index (χ1) is 9.65. The average Bonchev–Trinajstić information content (AvgIpc) is 3.25. The van der Waals surface area contributed by atoms with Gasteiger partial charge < -0.3 is 10.4 Å². The van der Waals surface area contributed by atoms with Crippen LogP contribution in [0.25, 0.3) is 11.3 Å². The molecule has 3 rings (SSSR count). The molecule has 1 saturated carbocycles. The van der Waals surface area contributed by atoms with Crippen LogP contribution < -0.4 is 5.32 Å². The molecule has 1 aliphatic rings. The zero-order chi connectivity index (χ0) is 14.1. The van der Waals surface area contributed by atoms with Crippen LogP contribution in [0.4, 0.5) is 5.82 Å². The van der Waals surface area contributed by atoms with E-state index in [9.17, 15) is 9.90 Å². The second-order valence-corrected chi connectivity index (χ2v) is 5.14. The van der Waals surface area contributed by atoms with Crippen LogP contribution in [0.5, 0.6) is 0 Å². The molecule has 4 heteroatoms. The highest BCUT2D eigenvalue weighted by Gasteiger charge is 2.25. The van der Waals surface area contributed by atoms with Crippen molar-refractivity contribution < 1.29 is 9.90 Å². The van der Waals surface area contributed by atoms with E-state index in [0.29, 0.717) is 11.9 Å². The van der Waals surface area contributed by atoms with E-state index in [1.54, 1.807) is 6.07 Å². The standard InChI is InChI=1S/C16H16N2O2/c1-10-9-13(16(19)20)15(17-12-7-8-12)18-14(10)11-5-3-2-4-6-11/h2-6,9,12H,7-8H2,1H3,(H,17,18)(H,19,20). The van der Waals surface area contributed by atoms with Gasteiger partial charge in [0, 0.05) is 11.6 Å². The summed E-state index contributed by atoms with van der Waals surface area (Å²) in [7, 11) is 0. The predicted molar refractivity (Wildman–Crippen MR) is 78.0 cm³/mol. The number of hydrogen-bond donors (Lipinski definition) is 2. The van der Waals surface area contributed by atoms with Gasteiger partial charge >= 0.3 is 5.97 Å². The quantitative estimate of drug-likeness (QED) is 0.892. The lowest BCUT2D eigenvalue weighted by Gasteiger charge is -2.12. The molecule has 0 spiro atoms. The van der Waals surface area contributed by atoms with E-state index in [-0.39, 0.29) is 5.56 Å². The van der Waals surface area contributed by atoms with Gasteiger partial charge in [0.15, 0.2) is 0 Å². The van der Waals surface area contributed by atoms with Crippen molar-refractivity contribution >= 4 is 11.8 Å². The highest BCUT2D eigenvalue weighted by molar-refractivity contribution is 5.94. The second-order valence-electron chi connectivity index (χ2n) is 5.14. The summed E-state index contributed by atoms with van der Waals surface area (Å²) in [6, 6.07) is 11.9. The number of anilines is 1. The number of benzene rings is 1. The van der Waals surface area contributed by atoms with E-state index in [0.717, 1.165) is 29.7 Å². The van der Waals surface area contributed by atoms with Crippen molar-refractivity contribution in [2.75, 3.05) is 5.32 Å². The monoisotopic (exact) mass is 268 g/mol. The number of carbonyl (C=O) groups is 1. The minimum atomic E-state index is -0.941. The summed E-state index contributed by atoms with van der Waals surface area (Å²) in [6.45, 7) is 1.89. The SMILES string of the molecule is Cc1cc(C(=O)O)c(NC2CC2)nc1-c1ccccc1. The maximum atomic E-state index is 11.3. The van der Waals surface area contributed by atoms with Gasteiger partial charge in [0.05, 0.1) is 5.69 Å². The molecular formula is C16H16N2O2. The van der Waals surface area contributed by atoms with Gasteiger partial charge in [-0.05, 0) is 31.4 Å². The zero-order valence-electron chi connectivity index (χ0n) is 11.3. The molecule has 4 nitrogen and oxygen atoms in total. The molecule has 2 N–H and O–H groups in total. The molecule has 0 amide bonds. The molecule has 0 saturated heterocycles. The Kier molecular flexibility index (Phi) is 3.14. The largest absolute Gasteiger partial charge is 0.478 e. The van der Waals surface area contributed by atoms with Crippen LogP contribution in [0.1, 0.15) is 28.8 Å². The molecule has 0 aliphatic heterocycles. The molecule has 0 radical (unpaired) electrons. The Morgan fingerprint density at radius 1 is 1.30 bits per heavy atom. The van der Waals surface area contributed by atoms with E-state index >= 15 is 0 Å². The average molecular weight is 268 g/mol. The summed E-state index contributed by atoms with van der Waals surface area (Å²) in [5.41, 5.74) is 2.95. The highest BCUT2D eigenvalue weighted by atomic mass is 16.4. The summed E-state index contributed by atoms with van der Waals surface area (Å²) < 4.78 is 0. The number of aromatic nitrogens is 1. The van der Waals surface area contributed by atoms with Gasteiger partial charge in [-0.2, -0.15) is 0 Å². The molecule has 1 heterocycles. The second kappa shape index (κ2) is 4.96. The number of carboxylic acid groups (broad SMARTS) is 1. The third-order valence-electron chi connectivity index (χ3n) is 3.41. The fraction of sp³-hybridized carbons (Fsp3) is 0.250. The van der Waals surface area contributed by atoms with Crippen molar-refractivity contribution in [3.8, 4) is 11.3 Å². The molecular weight excluding hydrogens is 252 g/mol. The van der Waals surface area contributed by atoms with Crippen molar-refractivity contribution in [3.05, 3.63) is 47.5 Å². The van der Waals surface area contributed by atoms with Crippen molar-refractivity contribution in [1.29, 1.82) is 0 Å². The fourth-order valence-electron chi connectivity index (χ4n) is 2.20. The summed E-state index contributed by atoms with van der Waals surface area (Å²) in [4.78, 5) is 15.9. The van der Waals surface area contributed by atoms with E-state index < -0.39 is 5.97 Å². The maximum Gasteiger partial charge on any atom is 0.339 e. The van der Waals surface area contributed by atoms with Crippen molar-refractivity contribution in [2.24, 2.45) is 0 Å². The molecule has 0 unspecified atom stereocenters. The van der Waals surface area contributed by atoms with Crippen LogP contribution in [0, 0.1) is 6.92 Å². The van der Waals surface area contributed by atoms with Crippen molar-refractivity contribution in [3.63, 3.8) is 0 Å². The number of hydrogen-bond acceptors (Lipinski definition) is 3. The first kappa shape index (κ1) is 12.7. The molecule has 102 valence electrons. The van der Waals surface area contributed by atoms with E-state index in [1.807, 2.05) is 37.3 Å². The van der Waals surface area contributed by atoms with Gasteiger partial charge in [-0.25, -0.2) is 9.78 Å². The summed E-state index contributed by atoms with van der Waals surface area (Å²) in [5, 5.41) is 12.5. The number of pyridine rings is 1. The summed E-state index contributed by atoms with van der Waals surface area (Å²) in [6.07, 6.45) is 2.16. The molecule has 2 aromatic rings. The normalized spacial score (nSPS) is 14.1. The Morgan fingerprint density at radius 3 is 2.60 bits per heavy atom. The van der Waals surface area contributed by atoms with Crippen LogP contribution >= 0.6 is 0 Å². The van der Waals surface area contributed by atoms with Crippen LogP contribution in [0.2, 0.25) is 0 Å². The Bertz CT molecular complexity index is 649. The van der Waals surface area contributed by atoms with E-state index in [2.05, 4.69) is 10.3 Å². The van der Waals surface area contributed by atoms with Gasteiger partial charge in [0.25, 0.3) is 0 Å². The minimum Gasteiger partial charge on any atom is -0.478 e. The lowest BCUT2D eigenvalue weighted by Crippen LogP contribution is -2.11. The molecule has 0 bridgehead atoms. The maximum absolute atomic E-state index is 11.3. The molecule has 1 aromatic heterocycles. The van der Waals surface area contributed by atoms with Gasteiger partial charge in [0.2, 0.25) is 0 Å². The summed E-state index contributed by atoms with van der Waals surface area (Å²) in [5.74, 6) is -0.465. The predicted octanol–water partition coefficient (Wildman–Crippen LogP) is 3.33. The van der Waals surface area contributed by atoms with Crippen LogP contribution in [0.15, 0.2) is 36.4 Å². The smallest absolute Gasteiger partial charge is 0.339 e. The number of nitrogens with zero attached hydrogens (tertiary/aromatic N) is 1. The number of nitrogens with one attached hydrogen (secondary N) is 1. The Hall–Kier alpha value is -2.36. The summed E-state index contributed by atoms with van der Waals surface area (Å²) >= 11 is 0. The van der Waals surface area contributed by atoms with Crippen LogP contribution in [-0.4, -0.2) is 22.1 Å². The number of rotatable bonds is 4. The molecule has 0 atom stereocenters. The number of carboxylic acids is 1. The third kappa shape index (κ3) is 2.50.